The Balaban J connectivity index is 2.23. The minimum Gasteiger partial charge on any atom is -0.502 e. The zero-order valence-corrected chi connectivity index (χ0v) is 13.3. The van der Waals surface area contributed by atoms with Crippen molar-refractivity contribution < 1.29 is 19.1 Å². The third-order valence-electron chi connectivity index (χ3n) is 3.97. The van der Waals surface area contributed by atoms with Crippen LogP contribution in [-0.4, -0.2) is 42.2 Å². The van der Waals surface area contributed by atoms with E-state index in [2.05, 4.69) is 0 Å². The van der Waals surface area contributed by atoms with Gasteiger partial charge in [0.25, 0.3) is 0 Å². The molecule has 122 valence electrons. The van der Waals surface area contributed by atoms with Gasteiger partial charge in [-0.05, 0) is 12.8 Å². The number of rotatable bonds is 4. The van der Waals surface area contributed by atoms with Crippen LogP contribution in [0.3, 0.4) is 0 Å². The minimum atomic E-state index is -0.469. The molecule has 1 unspecified atom stereocenters. The van der Waals surface area contributed by atoms with Crippen molar-refractivity contribution in [1.82, 2.24) is 4.90 Å². The highest BCUT2D eigenvalue weighted by Gasteiger charge is 2.29. The van der Waals surface area contributed by atoms with Crippen LogP contribution in [0.25, 0.3) is 0 Å². The van der Waals surface area contributed by atoms with Gasteiger partial charge in [0, 0.05) is 31.5 Å². The summed E-state index contributed by atoms with van der Waals surface area (Å²) in [6.07, 6.45) is 0.206. The van der Waals surface area contributed by atoms with Gasteiger partial charge in [-0.15, -0.1) is 0 Å². The zero-order valence-electron chi connectivity index (χ0n) is 13.3. The molecule has 0 spiro atoms. The van der Waals surface area contributed by atoms with Gasteiger partial charge < -0.3 is 19.2 Å². The second-order valence-corrected chi connectivity index (χ2v) is 5.98. The summed E-state index contributed by atoms with van der Waals surface area (Å²) in [6.45, 7) is 7.79. The summed E-state index contributed by atoms with van der Waals surface area (Å²) in [5.74, 6) is -0.0303. The summed E-state index contributed by atoms with van der Waals surface area (Å²) in [5.41, 5.74) is -0.469. The van der Waals surface area contributed by atoms with E-state index in [1.165, 1.54) is 6.07 Å². The third kappa shape index (κ3) is 3.68. The third-order valence-corrected chi connectivity index (χ3v) is 3.97. The van der Waals surface area contributed by atoms with E-state index in [0.717, 1.165) is 0 Å². The second-order valence-electron chi connectivity index (χ2n) is 5.98. The molecule has 6 nitrogen and oxygen atoms in total. The van der Waals surface area contributed by atoms with Crippen molar-refractivity contribution in [2.45, 2.75) is 33.1 Å². The fourth-order valence-corrected chi connectivity index (χ4v) is 2.64. The Hall–Kier alpha value is -1.82. The van der Waals surface area contributed by atoms with Crippen molar-refractivity contribution in [1.29, 1.82) is 0 Å². The predicted molar refractivity (Wildman–Crippen MR) is 81.0 cm³/mol. The van der Waals surface area contributed by atoms with Crippen LogP contribution in [0.5, 0.6) is 5.75 Å². The number of carbonyl (C=O) groups is 1. The molecule has 22 heavy (non-hydrogen) atoms. The Kier molecular flexibility index (Phi) is 5.24. The van der Waals surface area contributed by atoms with Gasteiger partial charge in [-0.3, -0.25) is 9.59 Å². The lowest BCUT2D eigenvalue weighted by atomic mass is 9.88. The highest BCUT2D eigenvalue weighted by molar-refractivity contribution is 5.77. The molecule has 1 aliphatic heterocycles. The molecule has 0 bridgehead atoms. The van der Waals surface area contributed by atoms with Gasteiger partial charge in [0.1, 0.15) is 5.76 Å². The molecule has 0 aliphatic carbocycles. The summed E-state index contributed by atoms with van der Waals surface area (Å²) in [5, 5.41) is 10.0. The van der Waals surface area contributed by atoms with Gasteiger partial charge in [-0.25, -0.2) is 0 Å². The van der Waals surface area contributed by atoms with E-state index in [1.54, 1.807) is 11.8 Å². The molecule has 2 heterocycles. The highest BCUT2D eigenvalue weighted by atomic mass is 16.5. The maximum absolute atomic E-state index is 12.4. The number of carbonyl (C=O) groups excluding carboxylic acids is 1. The van der Waals surface area contributed by atoms with E-state index in [-0.39, 0.29) is 35.7 Å². The number of aryl methyl sites for hydroxylation is 1. The molecule has 1 N–H and O–H groups in total. The van der Waals surface area contributed by atoms with Crippen LogP contribution in [0.4, 0.5) is 0 Å². The number of nitrogens with zero attached hydrogens (tertiary/aromatic N) is 1. The number of aromatic hydroxyl groups is 1. The van der Waals surface area contributed by atoms with Crippen molar-refractivity contribution in [2.75, 3.05) is 26.3 Å². The lowest BCUT2D eigenvalue weighted by molar-refractivity contribution is -0.136. The molecule has 1 aliphatic rings. The number of morpholine rings is 1. The monoisotopic (exact) mass is 309 g/mol. The zero-order chi connectivity index (χ0) is 16.3. The topological polar surface area (TPSA) is 80.0 Å². The number of hydrogen-bond acceptors (Lipinski definition) is 5. The van der Waals surface area contributed by atoms with Crippen LogP contribution in [0, 0.1) is 12.8 Å². The van der Waals surface area contributed by atoms with Crippen LogP contribution in [0.1, 0.15) is 37.7 Å². The van der Waals surface area contributed by atoms with E-state index < -0.39 is 5.43 Å². The largest absolute Gasteiger partial charge is 0.502 e. The molecule has 1 amide bonds. The van der Waals surface area contributed by atoms with Crippen LogP contribution in [0.15, 0.2) is 15.3 Å². The summed E-state index contributed by atoms with van der Waals surface area (Å²) in [6, 6.07) is 1.25. The van der Waals surface area contributed by atoms with Gasteiger partial charge in [-0.2, -0.15) is 0 Å². The average molecular weight is 309 g/mol. The predicted octanol–water partition coefficient (Wildman–Crippen LogP) is 1.64. The first kappa shape index (κ1) is 16.5. The molecule has 0 saturated carbocycles. The molecule has 1 atom stereocenters. The maximum atomic E-state index is 12.4. The molecule has 1 saturated heterocycles. The van der Waals surface area contributed by atoms with E-state index >= 15 is 0 Å². The lowest BCUT2D eigenvalue weighted by Gasteiger charge is -2.29. The van der Waals surface area contributed by atoms with Gasteiger partial charge in [0.2, 0.25) is 17.1 Å². The van der Waals surface area contributed by atoms with Crippen molar-refractivity contribution in [3.63, 3.8) is 0 Å². The van der Waals surface area contributed by atoms with Crippen molar-refractivity contribution in [2.24, 2.45) is 5.92 Å². The molecular weight excluding hydrogens is 286 g/mol. The molecule has 0 aromatic carbocycles. The Labute approximate surface area is 129 Å². The Bertz CT molecular complexity index is 587. The maximum Gasteiger partial charge on any atom is 0.227 e. The van der Waals surface area contributed by atoms with Crippen LogP contribution in [0.2, 0.25) is 0 Å². The van der Waals surface area contributed by atoms with E-state index in [1.807, 2.05) is 13.8 Å². The van der Waals surface area contributed by atoms with Crippen molar-refractivity contribution in [3.05, 3.63) is 27.8 Å². The Morgan fingerprint density at radius 3 is 2.59 bits per heavy atom. The van der Waals surface area contributed by atoms with E-state index in [9.17, 15) is 14.7 Å². The fraction of sp³-hybridized carbons (Fsp3) is 0.625. The van der Waals surface area contributed by atoms with Crippen LogP contribution in [-0.2, 0) is 9.53 Å². The standard InChI is InChI=1S/C16H23NO5/c1-10(2)12(9-14(19)17-4-6-21-7-5-17)16-15(20)13(18)8-11(3)22-16/h8,10,12,20H,4-7,9H2,1-3H3. The number of ether oxygens (including phenoxy) is 1. The second kappa shape index (κ2) is 6.96. The molecule has 6 heteroatoms. The van der Waals surface area contributed by atoms with Crippen molar-refractivity contribution >= 4 is 5.91 Å². The van der Waals surface area contributed by atoms with Crippen LogP contribution < -0.4 is 5.43 Å². The van der Waals surface area contributed by atoms with E-state index in [4.69, 9.17) is 9.15 Å². The Morgan fingerprint density at radius 2 is 2.00 bits per heavy atom. The van der Waals surface area contributed by atoms with Crippen LogP contribution >= 0.6 is 0 Å². The highest BCUT2D eigenvalue weighted by Crippen LogP contribution is 2.33. The quantitative estimate of drug-likeness (QED) is 0.914. The van der Waals surface area contributed by atoms with Gasteiger partial charge in [0.05, 0.1) is 13.2 Å². The summed E-state index contributed by atoms with van der Waals surface area (Å²) in [4.78, 5) is 25.9. The summed E-state index contributed by atoms with van der Waals surface area (Å²) < 4.78 is 10.8. The van der Waals surface area contributed by atoms with Crippen molar-refractivity contribution in [3.8, 4) is 5.75 Å². The fourth-order valence-electron chi connectivity index (χ4n) is 2.64. The molecule has 1 aromatic rings. The summed E-state index contributed by atoms with van der Waals surface area (Å²) in [7, 11) is 0. The minimum absolute atomic E-state index is 0.00875. The van der Waals surface area contributed by atoms with Gasteiger partial charge in [0.15, 0.2) is 5.76 Å². The molecule has 1 fully saturated rings. The first-order valence-electron chi connectivity index (χ1n) is 7.59. The Morgan fingerprint density at radius 1 is 1.36 bits per heavy atom. The average Bonchev–Trinajstić information content (AvgIpc) is 2.49. The normalized spacial score (nSPS) is 16.8. The SMILES string of the molecule is Cc1cc(=O)c(O)c(C(CC(=O)N2CCOCC2)C(C)C)o1. The molecule has 0 radical (unpaired) electrons. The lowest BCUT2D eigenvalue weighted by Crippen LogP contribution is -2.41. The number of hydrogen-bond donors (Lipinski definition) is 1. The van der Waals surface area contributed by atoms with Gasteiger partial charge in [-0.1, -0.05) is 13.8 Å². The van der Waals surface area contributed by atoms with E-state index in [0.29, 0.717) is 32.1 Å². The molecule has 2 rings (SSSR count). The molecule has 1 aromatic heterocycles. The first-order valence-corrected chi connectivity index (χ1v) is 7.59. The summed E-state index contributed by atoms with van der Waals surface area (Å²) >= 11 is 0. The first-order chi connectivity index (χ1) is 10.4. The molecular formula is C16H23NO5. The number of amides is 1. The smallest absolute Gasteiger partial charge is 0.227 e. The van der Waals surface area contributed by atoms with Gasteiger partial charge >= 0.3 is 0 Å².